The first-order chi connectivity index (χ1) is 11.2. The minimum atomic E-state index is -0.365. The minimum Gasteiger partial charge on any atom is -0.338 e. The van der Waals surface area contributed by atoms with Crippen molar-refractivity contribution in [1.82, 2.24) is 4.90 Å². The normalized spacial score (nSPS) is 19.0. The SMILES string of the molecule is O=C1Nc2ccccc2C1CC(=O)N1CCc2ccccc2C1. The van der Waals surface area contributed by atoms with Crippen molar-refractivity contribution in [3.8, 4) is 0 Å². The van der Waals surface area contributed by atoms with E-state index in [0.29, 0.717) is 6.54 Å². The van der Waals surface area contributed by atoms with Crippen LogP contribution < -0.4 is 5.32 Å². The second-order valence-electron chi connectivity index (χ2n) is 6.17. The maximum absolute atomic E-state index is 12.7. The summed E-state index contributed by atoms with van der Waals surface area (Å²) in [7, 11) is 0. The third kappa shape index (κ3) is 2.50. The molecule has 1 atom stereocenters. The van der Waals surface area contributed by atoms with Crippen LogP contribution in [0.1, 0.15) is 29.0 Å². The van der Waals surface area contributed by atoms with E-state index in [-0.39, 0.29) is 24.2 Å². The van der Waals surface area contributed by atoms with E-state index < -0.39 is 0 Å². The Morgan fingerprint density at radius 2 is 1.83 bits per heavy atom. The number of nitrogens with zero attached hydrogens (tertiary/aromatic N) is 1. The van der Waals surface area contributed by atoms with Crippen molar-refractivity contribution >= 4 is 17.5 Å². The van der Waals surface area contributed by atoms with E-state index in [4.69, 9.17) is 0 Å². The zero-order chi connectivity index (χ0) is 15.8. The Morgan fingerprint density at radius 3 is 2.70 bits per heavy atom. The third-order valence-corrected chi connectivity index (χ3v) is 4.77. The third-order valence-electron chi connectivity index (χ3n) is 4.77. The summed E-state index contributed by atoms with van der Waals surface area (Å²) in [5.41, 5.74) is 4.30. The maximum Gasteiger partial charge on any atom is 0.232 e. The molecule has 4 heteroatoms. The van der Waals surface area contributed by atoms with Gasteiger partial charge in [-0.15, -0.1) is 0 Å². The first kappa shape index (κ1) is 14.0. The minimum absolute atomic E-state index is 0.0522. The summed E-state index contributed by atoms with van der Waals surface area (Å²) < 4.78 is 0. The molecular weight excluding hydrogens is 288 g/mol. The first-order valence-electron chi connectivity index (χ1n) is 7.97. The molecule has 0 bridgehead atoms. The van der Waals surface area contributed by atoms with E-state index >= 15 is 0 Å². The molecule has 0 saturated carbocycles. The Balaban J connectivity index is 1.50. The van der Waals surface area contributed by atoms with Crippen LogP contribution in [0.25, 0.3) is 0 Å². The molecule has 2 aliphatic rings. The van der Waals surface area contributed by atoms with Crippen LogP contribution in [0.5, 0.6) is 0 Å². The quantitative estimate of drug-likeness (QED) is 0.927. The van der Waals surface area contributed by atoms with E-state index in [0.717, 1.165) is 24.2 Å². The van der Waals surface area contributed by atoms with Crippen LogP contribution in [0.4, 0.5) is 5.69 Å². The summed E-state index contributed by atoms with van der Waals surface area (Å²) in [5, 5.41) is 2.86. The monoisotopic (exact) mass is 306 g/mol. The van der Waals surface area contributed by atoms with Gasteiger partial charge in [-0.1, -0.05) is 42.5 Å². The molecule has 1 unspecified atom stereocenters. The molecule has 23 heavy (non-hydrogen) atoms. The zero-order valence-electron chi connectivity index (χ0n) is 12.8. The van der Waals surface area contributed by atoms with Crippen molar-refractivity contribution < 1.29 is 9.59 Å². The van der Waals surface area contributed by atoms with E-state index in [1.807, 2.05) is 41.3 Å². The van der Waals surface area contributed by atoms with Gasteiger partial charge in [0.05, 0.1) is 5.92 Å². The average Bonchev–Trinajstić information content (AvgIpc) is 2.90. The van der Waals surface area contributed by atoms with E-state index in [2.05, 4.69) is 17.4 Å². The summed E-state index contributed by atoms with van der Waals surface area (Å²) in [6, 6.07) is 15.9. The van der Waals surface area contributed by atoms with E-state index in [1.165, 1.54) is 11.1 Å². The molecule has 2 heterocycles. The van der Waals surface area contributed by atoms with E-state index in [1.54, 1.807) is 0 Å². The lowest BCUT2D eigenvalue weighted by molar-refractivity contribution is -0.134. The molecule has 0 aliphatic carbocycles. The second kappa shape index (κ2) is 5.54. The summed E-state index contributed by atoms with van der Waals surface area (Å²) >= 11 is 0. The number of benzene rings is 2. The van der Waals surface area contributed by atoms with Gasteiger partial charge in [-0.2, -0.15) is 0 Å². The number of para-hydroxylation sites is 1. The summed E-state index contributed by atoms with van der Waals surface area (Å²) in [6.45, 7) is 1.37. The molecule has 1 N–H and O–H groups in total. The Kier molecular flexibility index (Phi) is 3.37. The highest BCUT2D eigenvalue weighted by atomic mass is 16.2. The fourth-order valence-corrected chi connectivity index (χ4v) is 3.49. The predicted octanol–water partition coefficient (Wildman–Crippen LogP) is 2.70. The molecule has 2 aromatic rings. The average molecular weight is 306 g/mol. The van der Waals surface area contributed by atoms with Gasteiger partial charge < -0.3 is 10.2 Å². The molecule has 0 aromatic heterocycles. The molecule has 0 radical (unpaired) electrons. The van der Waals surface area contributed by atoms with E-state index in [9.17, 15) is 9.59 Å². The van der Waals surface area contributed by atoms with Gasteiger partial charge in [0.2, 0.25) is 11.8 Å². The van der Waals surface area contributed by atoms with Crippen LogP contribution in [-0.4, -0.2) is 23.3 Å². The van der Waals surface area contributed by atoms with Gasteiger partial charge in [0.25, 0.3) is 0 Å². The number of nitrogens with one attached hydrogen (secondary N) is 1. The second-order valence-corrected chi connectivity index (χ2v) is 6.17. The van der Waals surface area contributed by atoms with Crippen LogP contribution in [0.15, 0.2) is 48.5 Å². The predicted molar refractivity (Wildman–Crippen MR) is 88.0 cm³/mol. The Bertz CT molecular complexity index is 784. The highest BCUT2D eigenvalue weighted by Gasteiger charge is 2.33. The largest absolute Gasteiger partial charge is 0.338 e. The van der Waals surface area contributed by atoms with Crippen LogP contribution in [0.3, 0.4) is 0 Å². The Labute approximate surface area is 135 Å². The van der Waals surface area contributed by atoms with Crippen LogP contribution in [0, 0.1) is 0 Å². The Morgan fingerprint density at radius 1 is 1.09 bits per heavy atom. The van der Waals surface area contributed by atoms with Crippen molar-refractivity contribution in [2.75, 3.05) is 11.9 Å². The fourth-order valence-electron chi connectivity index (χ4n) is 3.49. The molecule has 2 aliphatic heterocycles. The number of carbonyl (C=O) groups is 2. The van der Waals surface area contributed by atoms with Crippen LogP contribution in [0.2, 0.25) is 0 Å². The van der Waals surface area contributed by atoms with Crippen molar-refractivity contribution in [1.29, 1.82) is 0 Å². The molecule has 2 aromatic carbocycles. The van der Waals surface area contributed by atoms with Gasteiger partial charge in [-0.3, -0.25) is 9.59 Å². The maximum atomic E-state index is 12.7. The highest BCUT2D eigenvalue weighted by molar-refractivity contribution is 6.04. The lowest BCUT2D eigenvalue weighted by Gasteiger charge is -2.29. The number of fused-ring (bicyclic) bond motifs is 2. The van der Waals surface area contributed by atoms with Crippen molar-refractivity contribution in [3.63, 3.8) is 0 Å². The molecule has 0 spiro atoms. The number of amides is 2. The summed E-state index contributed by atoms with van der Waals surface area (Å²) in [5.74, 6) is -0.385. The van der Waals surface area contributed by atoms with Crippen molar-refractivity contribution in [3.05, 3.63) is 65.2 Å². The molecule has 4 nitrogen and oxygen atoms in total. The van der Waals surface area contributed by atoms with Crippen molar-refractivity contribution in [2.24, 2.45) is 0 Å². The molecular formula is C19H18N2O2. The fraction of sp³-hybridized carbons (Fsp3) is 0.263. The molecule has 0 saturated heterocycles. The topological polar surface area (TPSA) is 49.4 Å². The van der Waals surface area contributed by atoms with Crippen LogP contribution in [-0.2, 0) is 22.6 Å². The highest BCUT2D eigenvalue weighted by Crippen LogP contribution is 2.35. The zero-order valence-corrected chi connectivity index (χ0v) is 12.8. The van der Waals surface area contributed by atoms with Gasteiger partial charge in [-0.05, 0) is 29.2 Å². The van der Waals surface area contributed by atoms with Crippen molar-refractivity contribution in [2.45, 2.75) is 25.3 Å². The standard InChI is InChI=1S/C19H18N2O2/c22-18(21-10-9-13-5-1-2-6-14(13)12-21)11-16-15-7-3-4-8-17(15)20-19(16)23/h1-8,16H,9-12H2,(H,20,23). The number of rotatable bonds is 2. The van der Waals surface area contributed by atoms with Gasteiger partial charge in [0.1, 0.15) is 0 Å². The lowest BCUT2D eigenvalue weighted by Crippen LogP contribution is -2.37. The molecule has 0 fully saturated rings. The lowest BCUT2D eigenvalue weighted by atomic mass is 9.95. The number of carbonyl (C=O) groups excluding carboxylic acids is 2. The molecule has 2 amide bonds. The molecule has 116 valence electrons. The smallest absolute Gasteiger partial charge is 0.232 e. The number of hydrogen-bond donors (Lipinski definition) is 1. The Hall–Kier alpha value is -2.62. The molecule has 4 rings (SSSR count). The number of hydrogen-bond acceptors (Lipinski definition) is 2. The van der Waals surface area contributed by atoms with Gasteiger partial charge in [0, 0.05) is 25.2 Å². The van der Waals surface area contributed by atoms with Gasteiger partial charge >= 0.3 is 0 Å². The van der Waals surface area contributed by atoms with Gasteiger partial charge in [0.15, 0.2) is 0 Å². The van der Waals surface area contributed by atoms with Gasteiger partial charge in [-0.25, -0.2) is 0 Å². The number of anilines is 1. The first-order valence-corrected chi connectivity index (χ1v) is 7.97. The van der Waals surface area contributed by atoms with Crippen LogP contribution >= 0.6 is 0 Å². The summed E-state index contributed by atoms with van der Waals surface area (Å²) in [6.07, 6.45) is 1.13. The summed E-state index contributed by atoms with van der Waals surface area (Å²) in [4.78, 5) is 26.7.